The zero-order chi connectivity index (χ0) is 15.8. The van der Waals surface area contributed by atoms with Crippen molar-refractivity contribution in [3.05, 3.63) is 59.9 Å². The SMILES string of the molecule is CCCCN(C)C(=O)c1cncc(NCc2ccccc2)c1. The van der Waals surface area contributed by atoms with Gasteiger partial charge in [-0.05, 0) is 18.1 Å². The van der Waals surface area contributed by atoms with Crippen LogP contribution in [0.25, 0.3) is 0 Å². The summed E-state index contributed by atoms with van der Waals surface area (Å²) in [5.41, 5.74) is 2.68. The van der Waals surface area contributed by atoms with E-state index in [1.165, 1.54) is 5.56 Å². The first-order valence-electron chi connectivity index (χ1n) is 7.69. The molecule has 0 aliphatic carbocycles. The number of amides is 1. The molecule has 116 valence electrons. The van der Waals surface area contributed by atoms with Gasteiger partial charge in [0.2, 0.25) is 0 Å². The highest BCUT2D eigenvalue weighted by molar-refractivity contribution is 5.94. The van der Waals surface area contributed by atoms with Gasteiger partial charge in [0.15, 0.2) is 0 Å². The van der Waals surface area contributed by atoms with Crippen molar-refractivity contribution in [2.24, 2.45) is 0 Å². The minimum absolute atomic E-state index is 0.0179. The molecule has 1 amide bonds. The molecule has 1 aromatic heterocycles. The van der Waals surface area contributed by atoms with Crippen LogP contribution in [-0.2, 0) is 6.54 Å². The monoisotopic (exact) mass is 297 g/mol. The number of unbranched alkanes of at least 4 members (excludes halogenated alkanes) is 1. The number of anilines is 1. The van der Waals surface area contributed by atoms with E-state index >= 15 is 0 Å². The number of aromatic nitrogens is 1. The Kier molecular flexibility index (Phi) is 5.95. The van der Waals surface area contributed by atoms with Crippen molar-refractivity contribution in [3.63, 3.8) is 0 Å². The van der Waals surface area contributed by atoms with Crippen molar-refractivity contribution in [3.8, 4) is 0 Å². The van der Waals surface area contributed by atoms with Crippen molar-refractivity contribution >= 4 is 11.6 Å². The number of pyridine rings is 1. The summed E-state index contributed by atoms with van der Waals surface area (Å²) in [5, 5.41) is 3.31. The highest BCUT2D eigenvalue weighted by Crippen LogP contribution is 2.12. The van der Waals surface area contributed by atoms with E-state index in [0.29, 0.717) is 12.1 Å². The van der Waals surface area contributed by atoms with Gasteiger partial charge in [-0.3, -0.25) is 9.78 Å². The average molecular weight is 297 g/mol. The summed E-state index contributed by atoms with van der Waals surface area (Å²) in [7, 11) is 1.84. The van der Waals surface area contributed by atoms with E-state index < -0.39 is 0 Å². The topological polar surface area (TPSA) is 45.2 Å². The number of benzene rings is 1. The molecule has 0 bridgehead atoms. The predicted octanol–water partition coefficient (Wildman–Crippen LogP) is 3.57. The number of nitrogens with zero attached hydrogens (tertiary/aromatic N) is 2. The van der Waals surface area contributed by atoms with E-state index in [1.54, 1.807) is 17.3 Å². The van der Waals surface area contributed by atoms with Gasteiger partial charge in [0.1, 0.15) is 0 Å². The van der Waals surface area contributed by atoms with Gasteiger partial charge in [-0.1, -0.05) is 43.7 Å². The molecule has 0 unspecified atom stereocenters. The highest BCUT2D eigenvalue weighted by atomic mass is 16.2. The Bertz CT molecular complexity index is 598. The van der Waals surface area contributed by atoms with E-state index in [9.17, 15) is 4.79 Å². The summed E-state index contributed by atoms with van der Waals surface area (Å²) in [6.07, 6.45) is 5.46. The van der Waals surface area contributed by atoms with Gasteiger partial charge in [-0.15, -0.1) is 0 Å². The lowest BCUT2D eigenvalue weighted by Crippen LogP contribution is -2.27. The van der Waals surface area contributed by atoms with E-state index in [4.69, 9.17) is 0 Å². The molecule has 4 heteroatoms. The van der Waals surface area contributed by atoms with Gasteiger partial charge in [0.25, 0.3) is 5.91 Å². The smallest absolute Gasteiger partial charge is 0.255 e. The fourth-order valence-corrected chi connectivity index (χ4v) is 2.17. The first kappa shape index (κ1) is 16.0. The third-order valence-electron chi connectivity index (χ3n) is 3.52. The second-order valence-electron chi connectivity index (χ2n) is 5.38. The van der Waals surface area contributed by atoms with Crippen LogP contribution < -0.4 is 5.32 Å². The standard InChI is InChI=1S/C18H23N3O/c1-3-4-10-21(2)18(22)16-11-17(14-19-13-16)20-12-15-8-6-5-7-9-15/h5-9,11,13-14,20H,3-4,10,12H2,1-2H3. The van der Waals surface area contributed by atoms with Gasteiger partial charge in [-0.2, -0.15) is 0 Å². The fourth-order valence-electron chi connectivity index (χ4n) is 2.17. The van der Waals surface area contributed by atoms with E-state index in [-0.39, 0.29) is 5.91 Å². The zero-order valence-electron chi connectivity index (χ0n) is 13.2. The molecule has 4 nitrogen and oxygen atoms in total. The Labute approximate surface area is 132 Å². The maximum absolute atomic E-state index is 12.3. The van der Waals surface area contributed by atoms with Crippen LogP contribution in [0.5, 0.6) is 0 Å². The summed E-state index contributed by atoms with van der Waals surface area (Å²) in [6, 6.07) is 12.0. The highest BCUT2D eigenvalue weighted by Gasteiger charge is 2.12. The maximum Gasteiger partial charge on any atom is 0.255 e. The van der Waals surface area contributed by atoms with Crippen LogP contribution in [0.3, 0.4) is 0 Å². The summed E-state index contributed by atoms with van der Waals surface area (Å²) in [6.45, 7) is 3.61. The molecule has 0 atom stereocenters. The Morgan fingerprint density at radius 3 is 2.73 bits per heavy atom. The minimum Gasteiger partial charge on any atom is -0.380 e. The van der Waals surface area contributed by atoms with Crippen LogP contribution in [0.15, 0.2) is 48.8 Å². The van der Waals surface area contributed by atoms with E-state index in [1.807, 2.05) is 31.3 Å². The number of hydrogen-bond acceptors (Lipinski definition) is 3. The zero-order valence-corrected chi connectivity index (χ0v) is 13.2. The number of carbonyl (C=O) groups is 1. The second-order valence-corrected chi connectivity index (χ2v) is 5.38. The number of hydrogen-bond donors (Lipinski definition) is 1. The first-order chi connectivity index (χ1) is 10.7. The van der Waals surface area contributed by atoms with Crippen LogP contribution in [0.1, 0.15) is 35.7 Å². The summed E-state index contributed by atoms with van der Waals surface area (Å²) in [4.78, 5) is 18.3. The summed E-state index contributed by atoms with van der Waals surface area (Å²) in [5.74, 6) is 0.0179. The molecule has 0 aliphatic rings. The molecular formula is C18H23N3O. The van der Waals surface area contributed by atoms with Crippen LogP contribution in [0, 0.1) is 0 Å². The molecule has 2 aromatic rings. The summed E-state index contributed by atoms with van der Waals surface area (Å²) >= 11 is 0. The molecule has 0 aliphatic heterocycles. The maximum atomic E-state index is 12.3. The molecule has 0 saturated carbocycles. The molecule has 1 aromatic carbocycles. The van der Waals surface area contributed by atoms with E-state index in [2.05, 4.69) is 29.4 Å². The Balaban J connectivity index is 1.98. The predicted molar refractivity (Wildman–Crippen MR) is 89.9 cm³/mol. The summed E-state index contributed by atoms with van der Waals surface area (Å²) < 4.78 is 0. The van der Waals surface area contributed by atoms with Gasteiger partial charge in [-0.25, -0.2) is 0 Å². The molecule has 0 saturated heterocycles. The van der Waals surface area contributed by atoms with Crippen LogP contribution in [0.4, 0.5) is 5.69 Å². The molecule has 22 heavy (non-hydrogen) atoms. The van der Waals surface area contributed by atoms with Crippen molar-refractivity contribution in [1.29, 1.82) is 0 Å². The lowest BCUT2D eigenvalue weighted by molar-refractivity contribution is 0.0793. The minimum atomic E-state index is 0.0179. The van der Waals surface area contributed by atoms with Crippen molar-refractivity contribution in [2.75, 3.05) is 18.9 Å². The fraction of sp³-hybridized carbons (Fsp3) is 0.333. The molecule has 0 fully saturated rings. The van der Waals surface area contributed by atoms with E-state index in [0.717, 1.165) is 25.1 Å². The van der Waals surface area contributed by atoms with Gasteiger partial charge >= 0.3 is 0 Å². The molecule has 2 rings (SSSR count). The number of rotatable bonds is 7. The van der Waals surface area contributed by atoms with Crippen molar-refractivity contribution < 1.29 is 4.79 Å². The van der Waals surface area contributed by atoms with Gasteiger partial charge in [0.05, 0.1) is 11.3 Å². The van der Waals surface area contributed by atoms with Crippen LogP contribution in [0.2, 0.25) is 0 Å². The Morgan fingerprint density at radius 1 is 1.23 bits per heavy atom. The average Bonchev–Trinajstić information content (AvgIpc) is 2.58. The lowest BCUT2D eigenvalue weighted by Gasteiger charge is -2.17. The second kappa shape index (κ2) is 8.17. The third kappa shape index (κ3) is 4.58. The van der Waals surface area contributed by atoms with Crippen LogP contribution in [-0.4, -0.2) is 29.4 Å². The molecule has 0 radical (unpaired) electrons. The number of nitrogens with one attached hydrogen (secondary N) is 1. The van der Waals surface area contributed by atoms with Crippen LogP contribution >= 0.6 is 0 Å². The first-order valence-corrected chi connectivity index (χ1v) is 7.69. The van der Waals surface area contributed by atoms with Gasteiger partial charge in [0, 0.05) is 32.5 Å². The normalized spacial score (nSPS) is 10.3. The molecule has 1 heterocycles. The van der Waals surface area contributed by atoms with Gasteiger partial charge < -0.3 is 10.2 Å². The largest absolute Gasteiger partial charge is 0.380 e. The van der Waals surface area contributed by atoms with Crippen molar-refractivity contribution in [1.82, 2.24) is 9.88 Å². The Morgan fingerprint density at radius 2 is 2.00 bits per heavy atom. The lowest BCUT2D eigenvalue weighted by atomic mass is 10.2. The Hall–Kier alpha value is -2.36. The van der Waals surface area contributed by atoms with Crippen molar-refractivity contribution in [2.45, 2.75) is 26.3 Å². The number of carbonyl (C=O) groups excluding carboxylic acids is 1. The molecule has 1 N–H and O–H groups in total. The third-order valence-corrected chi connectivity index (χ3v) is 3.52. The molecular weight excluding hydrogens is 274 g/mol. The quantitative estimate of drug-likeness (QED) is 0.850. The molecule has 0 spiro atoms.